The second-order valence-corrected chi connectivity index (χ2v) is 3.40. The summed E-state index contributed by atoms with van der Waals surface area (Å²) in [7, 11) is 2.75. The quantitative estimate of drug-likeness (QED) is 0.626. The molecule has 0 bridgehead atoms. The molecule has 0 spiro atoms. The molecule has 6 nitrogen and oxygen atoms in total. The molecule has 1 amide bonds. The minimum atomic E-state index is -0.511. The van der Waals surface area contributed by atoms with Crippen LogP contribution in [-0.2, 0) is 14.3 Å². The Balaban J connectivity index is 2.58. The molecule has 1 aromatic rings. The number of methoxy groups -OCH3 is 2. The number of rotatable bonds is 5. The van der Waals surface area contributed by atoms with E-state index in [2.05, 4.69) is 21.6 Å². The van der Waals surface area contributed by atoms with Crippen LogP contribution in [0.4, 0.5) is 5.69 Å². The van der Waals surface area contributed by atoms with E-state index >= 15 is 0 Å². The Morgan fingerprint density at radius 2 is 2.11 bits per heavy atom. The standard InChI is InChI=1S/C12H14N2O4/c1-8(6-11(15)18-3)12(16)14-9-4-5-10(17-2)13-7-9/h4-5,7H,1,6H2,2-3H3,(H,14,16). The van der Waals surface area contributed by atoms with E-state index in [9.17, 15) is 9.59 Å². The number of carbonyl (C=O) groups is 2. The summed E-state index contributed by atoms with van der Waals surface area (Å²) in [5.74, 6) is -0.517. The zero-order chi connectivity index (χ0) is 13.5. The van der Waals surface area contributed by atoms with Gasteiger partial charge in [-0.1, -0.05) is 6.58 Å². The lowest BCUT2D eigenvalue weighted by atomic mass is 10.2. The number of hydrogen-bond acceptors (Lipinski definition) is 5. The van der Waals surface area contributed by atoms with Crippen molar-refractivity contribution >= 4 is 17.6 Å². The third-order valence-corrected chi connectivity index (χ3v) is 2.11. The SMILES string of the molecule is C=C(CC(=O)OC)C(=O)Nc1ccc(OC)nc1. The summed E-state index contributed by atoms with van der Waals surface area (Å²) in [5, 5.41) is 2.56. The molecule has 0 fully saturated rings. The van der Waals surface area contributed by atoms with Crippen LogP contribution in [-0.4, -0.2) is 31.1 Å². The van der Waals surface area contributed by atoms with Gasteiger partial charge in [0.2, 0.25) is 5.88 Å². The predicted molar refractivity (Wildman–Crippen MR) is 65.2 cm³/mol. The van der Waals surface area contributed by atoms with Gasteiger partial charge in [0.05, 0.1) is 32.5 Å². The predicted octanol–water partition coefficient (Wildman–Crippen LogP) is 1.15. The van der Waals surface area contributed by atoms with Crippen molar-refractivity contribution in [3.8, 4) is 5.88 Å². The van der Waals surface area contributed by atoms with Gasteiger partial charge in [0.15, 0.2) is 0 Å². The van der Waals surface area contributed by atoms with Gasteiger partial charge in [-0.25, -0.2) is 4.98 Å². The number of aromatic nitrogens is 1. The number of pyridine rings is 1. The molecule has 0 saturated carbocycles. The van der Waals surface area contributed by atoms with Crippen LogP contribution in [0.3, 0.4) is 0 Å². The van der Waals surface area contributed by atoms with Gasteiger partial charge in [0, 0.05) is 11.6 Å². The van der Waals surface area contributed by atoms with Crippen LogP contribution < -0.4 is 10.1 Å². The maximum atomic E-state index is 11.6. The Morgan fingerprint density at radius 3 is 2.61 bits per heavy atom. The molecule has 0 aliphatic heterocycles. The fourth-order valence-corrected chi connectivity index (χ4v) is 1.12. The third-order valence-electron chi connectivity index (χ3n) is 2.11. The zero-order valence-corrected chi connectivity index (χ0v) is 10.2. The summed E-state index contributed by atoms with van der Waals surface area (Å²) < 4.78 is 9.33. The van der Waals surface area contributed by atoms with Crippen molar-refractivity contribution in [2.45, 2.75) is 6.42 Å². The van der Waals surface area contributed by atoms with Crippen LogP contribution in [0, 0.1) is 0 Å². The fraction of sp³-hybridized carbons (Fsp3) is 0.250. The second kappa shape index (κ2) is 6.39. The molecule has 0 atom stereocenters. The molecule has 0 aromatic carbocycles. The van der Waals surface area contributed by atoms with Gasteiger partial charge in [-0.15, -0.1) is 0 Å². The van der Waals surface area contributed by atoms with E-state index in [-0.39, 0.29) is 12.0 Å². The van der Waals surface area contributed by atoms with Crippen molar-refractivity contribution in [2.24, 2.45) is 0 Å². The van der Waals surface area contributed by atoms with Crippen LogP contribution in [0.1, 0.15) is 6.42 Å². The van der Waals surface area contributed by atoms with E-state index in [1.807, 2.05) is 0 Å². The van der Waals surface area contributed by atoms with Crippen molar-refractivity contribution in [1.82, 2.24) is 4.98 Å². The van der Waals surface area contributed by atoms with Crippen molar-refractivity contribution in [1.29, 1.82) is 0 Å². The Labute approximate surface area is 105 Å². The Hall–Kier alpha value is -2.37. The molecule has 1 rings (SSSR count). The van der Waals surface area contributed by atoms with Gasteiger partial charge in [0.1, 0.15) is 0 Å². The number of ether oxygens (including phenoxy) is 2. The first-order chi connectivity index (χ1) is 8.56. The van der Waals surface area contributed by atoms with E-state index in [0.717, 1.165) is 0 Å². The van der Waals surface area contributed by atoms with Gasteiger partial charge in [-0.2, -0.15) is 0 Å². The Morgan fingerprint density at radius 1 is 1.39 bits per heavy atom. The van der Waals surface area contributed by atoms with Crippen LogP contribution in [0.15, 0.2) is 30.5 Å². The van der Waals surface area contributed by atoms with Gasteiger partial charge in [-0.05, 0) is 6.07 Å². The molecular formula is C12H14N2O4. The highest BCUT2D eigenvalue weighted by atomic mass is 16.5. The lowest BCUT2D eigenvalue weighted by Gasteiger charge is -2.07. The lowest BCUT2D eigenvalue weighted by Crippen LogP contribution is -2.16. The van der Waals surface area contributed by atoms with E-state index in [1.165, 1.54) is 20.4 Å². The zero-order valence-electron chi connectivity index (χ0n) is 10.2. The first-order valence-corrected chi connectivity index (χ1v) is 5.12. The average Bonchev–Trinajstić information content (AvgIpc) is 2.39. The third kappa shape index (κ3) is 3.89. The number of anilines is 1. The monoisotopic (exact) mass is 250 g/mol. The smallest absolute Gasteiger partial charge is 0.310 e. The topological polar surface area (TPSA) is 77.5 Å². The maximum absolute atomic E-state index is 11.6. The Bertz CT molecular complexity index is 454. The van der Waals surface area contributed by atoms with Crippen LogP contribution in [0.5, 0.6) is 5.88 Å². The maximum Gasteiger partial charge on any atom is 0.310 e. The second-order valence-electron chi connectivity index (χ2n) is 3.40. The largest absolute Gasteiger partial charge is 0.481 e. The molecule has 0 aliphatic carbocycles. The first-order valence-electron chi connectivity index (χ1n) is 5.12. The molecule has 18 heavy (non-hydrogen) atoms. The molecule has 0 saturated heterocycles. The van der Waals surface area contributed by atoms with Crippen LogP contribution in [0.25, 0.3) is 0 Å². The van der Waals surface area contributed by atoms with Gasteiger partial charge in [-0.3, -0.25) is 9.59 Å². The van der Waals surface area contributed by atoms with Gasteiger partial charge in [0.25, 0.3) is 5.91 Å². The van der Waals surface area contributed by atoms with Crippen molar-refractivity contribution < 1.29 is 19.1 Å². The minimum absolute atomic E-state index is 0.123. The van der Waals surface area contributed by atoms with Crippen molar-refractivity contribution in [3.63, 3.8) is 0 Å². The van der Waals surface area contributed by atoms with Crippen molar-refractivity contribution in [3.05, 3.63) is 30.5 Å². The summed E-state index contributed by atoms with van der Waals surface area (Å²) >= 11 is 0. The van der Waals surface area contributed by atoms with Crippen molar-refractivity contribution in [2.75, 3.05) is 19.5 Å². The van der Waals surface area contributed by atoms with Gasteiger partial charge < -0.3 is 14.8 Å². The van der Waals surface area contributed by atoms with Crippen LogP contribution >= 0.6 is 0 Å². The summed E-state index contributed by atoms with van der Waals surface area (Å²) in [6, 6.07) is 3.24. The molecular weight excluding hydrogens is 236 g/mol. The highest BCUT2D eigenvalue weighted by Gasteiger charge is 2.12. The molecule has 0 unspecified atom stereocenters. The summed E-state index contributed by atoms with van der Waals surface area (Å²) in [6.45, 7) is 3.51. The highest BCUT2D eigenvalue weighted by molar-refractivity contribution is 6.05. The summed E-state index contributed by atoms with van der Waals surface area (Å²) in [6.07, 6.45) is 1.30. The van der Waals surface area contributed by atoms with E-state index < -0.39 is 11.9 Å². The molecule has 0 radical (unpaired) electrons. The van der Waals surface area contributed by atoms with E-state index in [4.69, 9.17) is 4.74 Å². The molecule has 0 aliphatic rings. The molecule has 1 heterocycles. The number of hydrogen-bond donors (Lipinski definition) is 1. The van der Waals surface area contributed by atoms with Crippen LogP contribution in [0.2, 0.25) is 0 Å². The minimum Gasteiger partial charge on any atom is -0.481 e. The number of nitrogens with one attached hydrogen (secondary N) is 1. The average molecular weight is 250 g/mol. The number of esters is 1. The number of amides is 1. The van der Waals surface area contributed by atoms with Gasteiger partial charge >= 0.3 is 5.97 Å². The number of nitrogens with zero attached hydrogens (tertiary/aromatic N) is 1. The summed E-state index contributed by atoms with van der Waals surface area (Å²) in [5.41, 5.74) is 0.615. The molecule has 1 aromatic heterocycles. The Kier molecular flexibility index (Phi) is 4.86. The first kappa shape index (κ1) is 13.7. The molecule has 96 valence electrons. The fourth-order valence-electron chi connectivity index (χ4n) is 1.12. The molecule has 6 heteroatoms. The summed E-state index contributed by atoms with van der Waals surface area (Å²) in [4.78, 5) is 26.5. The molecule has 1 N–H and O–H groups in total. The van der Waals surface area contributed by atoms with E-state index in [1.54, 1.807) is 12.1 Å². The highest BCUT2D eigenvalue weighted by Crippen LogP contribution is 2.12. The lowest BCUT2D eigenvalue weighted by molar-refractivity contribution is -0.140. The number of carbonyl (C=O) groups excluding carboxylic acids is 2. The van der Waals surface area contributed by atoms with E-state index in [0.29, 0.717) is 11.6 Å². The normalized spacial score (nSPS) is 9.44.